The third-order valence-electron chi connectivity index (χ3n) is 3.70. The summed E-state index contributed by atoms with van der Waals surface area (Å²) >= 11 is 0. The maximum Gasteiger partial charge on any atom is 0.417 e. The van der Waals surface area contributed by atoms with E-state index in [1.165, 1.54) is 24.3 Å². The van der Waals surface area contributed by atoms with Gasteiger partial charge in [-0.25, -0.2) is 13.4 Å². The van der Waals surface area contributed by atoms with Crippen LogP contribution in [0, 0.1) is 0 Å². The molecule has 27 heavy (non-hydrogen) atoms. The number of aromatic nitrogens is 1. The van der Waals surface area contributed by atoms with Gasteiger partial charge in [-0.3, -0.25) is 0 Å². The van der Waals surface area contributed by atoms with E-state index in [0.29, 0.717) is 6.20 Å². The Balaban J connectivity index is 2.50. The molecule has 0 aliphatic heterocycles. The first-order valence-electron chi connectivity index (χ1n) is 8.00. The van der Waals surface area contributed by atoms with Crippen molar-refractivity contribution in [3.63, 3.8) is 0 Å². The second-order valence-electron chi connectivity index (χ2n) is 6.79. The Kier molecular flexibility index (Phi) is 5.86. The Hall–Kier alpha value is -2.13. The molecule has 0 aliphatic rings. The van der Waals surface area contributed by atoms with Crippen molar-refractivity contribution in [3.8, 4) is 17.0 Å². The molecule has 5 nitrogen and oxygen atoms in total. The molecule has 148 valence electrons. The summed E-state index contributed by atoms with van der Waals surface area (Å²) in [6.07, 6.45) is -2.71. The quantitative estimate of drug-likeness (QED) is 0.796. The van der Waals surface area contributed by atoms with Gasteiger partial charge in [0.2, 0.25) is 5.88 Å². The van der Waals surface area contributed by atoms with E-state index in [4.69, 9.17) is 4.74 Å². The number of halogens is 3. The summed E-state index contributed by atoms with van der Waals surface area (Å²) in [6.45, 7) is 3.18. The number of hydrogen-bond acceptors (Lipinski definition) is 5. The highest BCUT2D eigenvalue weighted by molar-refractivity contribution is 7.90. The van der Waals surface area contributed by atoms with Crippen molar-refractivity contribution in [3.05, 3.63) is 42.1 Å². The summed E-state index contributed by atoms with van der Waals surface area (Å²) < 4.78 is 68.2. The van der Waals surface area contributed by atoms with Crippen LogP contribution in [0.2, 0.25) is 0 Å². The number of rotatable bonds is 6. The van der Waals surface area contributed by atoms with Gasteiger partial charge in [-0.2, -0.15) is 13.2 Å². The number of pyridine rings is 1. The van der Waals surface area contributed by atoms with Crippen LogP contribution in [0.25, 0.3) is 11.1 Å². The number of nitrogens with zero attached hydrogens (tertiary/aromatic N) is 1. The Labute approximate surface area is 155 Å². The van der Waals surface area contributed by atoms with Crippen LogP contribution in [0.1, 0.15) is 25.8 Å². The van der Waals surface area contributed by atoms with E-state index in [1.807, 2.05) is 0 Å². The lowest BCUT2D eigenvalue weighted by atomic mass is 10.0. The van der Waals surface area contributed by atoms with Crippen molar-refractivity contribution in [2.75, 3.05) is 12.9 Å². The number of benzene rings is 1. The lowest BCUT2D eigenvalue weighted by Crippen LogP contribution is -2.22. The van der Waals surface area contributed by atoms with Gasteiger partial charge in [-0.1, -0.05) is 12.1 Å². The minimum atomic E-state index is -4.61. The molecule has 0 amide bonds. The molecule has 0 unspecified atom stereocenters. The van der Waals surface area contributed by atoms with Gasteiger partial charge in [0.25, 0.3) is 0 Å². The topological polar surface area (TPSA) is 76.5 Å². The predicted octanol–water partition coefficient (Wildman–Crippen LogP) is 3.71. The van der Waals surface area contributed by atoms with Crippen molar-refractivity contribution >= 4 is 9.84 Å². The molecule has 1 N–H and O–H groups in total. The zero-order chi connectivity index (χ0) is 20.5. The van der Waals surface area contributed by atoms with Crippen molar-refractivity contribution in [2.24, 2.45) is 0 Å². The minimum Gasteiger partial charge on any atom is -0.477 e. The summed E-state index contributed by atoms with van der Waals surface area (Å²) in [5, 5.41) is 9.74. The van der Waals surface area contributed by atoms with Crippen LogP contribution in [0.3, 0.4) is 0 Å². The second-order valence-corrected chi connectivity index (χ2v) is 8.80. The van der Waals surface area contributed by atoms with E-state index in [-0.39, 0.29) is 34.9 Å². The number of alkyl halides is 3. The molecule has 0 aliphatic carbocycles. The first-order valence-corrected chi connectivity index (χ1v) is 9.89. The number of aliphatic hydroxyl groups is 1. The van der Waals surface area contributed by atoms with Crippen LogP contribution in [0.15, 0.2) is 41.4 Å². The molecule has 1 aromatic carbocycles. The van der Waals surface area contributed by atoms with Gasteiger partial charge >= 0.3 is 6.18 Å². The molecule has 1 heterocycles. The Morgan fingerprint density at radius 1 is 1.19 bits per heavy atom. The van der Waals surface area contributed by atoms with Gasteiger partial charge in [-0.15, -0.1) is 0 Å². The molecule has 0 saturated heterocycles. The van der Waals surface area contributed by atoms with Crippen molar-refractivity contribution < 1.29 is 31.4 Å². The van der Waals surface area contributed by atoms with E-state index in [1.54, 1.807) is 13.8 Å². The van der Waals surface area contributed by atoms with Crippen molar-refractivity contribution in [1.82, 2.24) is 4.98 Å². The van der Waals surface area contributed by atoms with E-state index < -0.39 is 27.2 Å². The molecule has 1 aromatic heterocycles. The Morgan fingerprint density at radius 3 is 2.41 bits per heavy atom. The van der Waals surface area contributed by atoms with Crippen LogP contribution in [0.5, 0.6) is 5.88 Å². The lowest BCUT2D eigenvalue weighted by Gasteiger charge is -2.18. The summed E-state index contributed by atoms with van der Waals surface area (Å²) in [4.78, 5) is 3.73. The third kappa shape index (κ3) is 5.93. The normalized spacial score (nSPS) is 12.9. The molecule has 2 aromatic rings. The fraction of sp³-hybridized carbons (Fsp3) is 0.389. The summed E-state index contributed by atoms with van der Waals surface area (Å²) in [7, 11) is -3.54. The first-order chi connectivity index (χ1) is 12.3. The largest absolute Gasteiger partial charge is 0.477 e. The fourth-order valence-electron chi connectivity index (χ4n) is 2.22. The summed E-state index contributed by atoms with van der Waals surface area (Å²) in [6, 6.07) is 6.42. The van der Waals surface area contributed by atoms with Gasteiger partial charge < -0.3 is 9.84 Å². The van der Waals surface area contributed by atoms with E-state index >= 15 is 0 Å². The Bertz CT molecular complexity index is 919. The van der Waals surface area contributed by atoms with Crippen LogP contribution >= 0.6 is 0 Å². The second kappa shape index (κ2) is 7.47. The molecule has 0 fully saturated rings. The van der Waals surface area contributed by atoms with Gasteiger partial charge in [0.05, 0.1) is 22.7 Å². The fourth-order valence-corrected chi connectivity index (χ4v) is 2.89. The highest BCUT2D eigenvalue weighted by atomic mass is 32.2. The zero-order valence-electron chi connectivity index (χ0n) is 15.0. The average molecular weight is 403 g/mol. The van der Waals surface area contributed by atoms with Crippen LogP contribution < -0.4 is 4.74 Å². The molecule has 9 heteroatoms. The van der Waals surface area contributed by atoms with Gasteiger partial charge in [0, 0.05) is 24.4 Å². The van der Waals surface area contributed by atoms with Crippen LogP contribution in [-0.2, 0) is 16.0 Å². The van der Waals surface area contributed by atoms with Gasteiger partial charge in [0.1, 0.15) is 0 Å². The molecule has 0 radical (unpaired) electrons. The molecule has 0 atom stereocenters. The average Bonchev–Trinajstić information content (AvgIpc) is 2.52. The SMILES string of the molecule is CC(C)(O)CCOc1ncc(C(F)(F)F)cc1-c1cccc(S(C)(=O)=O)c1. The zero-order valence-corrected chi connectivity index (χ0v) is 15.9. The molecule has 0 bridgehead atoms. The molecule has 2 rings (SSSR count). The smallest absolute Gasteiger partial charge is 0.417 e. The summed E-state index contributed by atoms with van der Waals surface area (Å²) in [5.41, 5.74) is -1.74. The van der Waals surface area contributed by atoms with Crippen LogP contribution in [-0.4, -0.2) is 37.0 Å². The van der Waals surface area contributed by atoms with Crippen molar-refractivity contribution in [1.29, 1.82) is 0 Å². The highest BCUT2D eigenvalue weighted by Gasteiger charge is 2.32. The van der Waals surface area contributed by atoms with E-state index in [2.05, 4.69) is 4.98 Å². The molecular weight excluding hydrogens is 383 g/mol. The third-order valence-corrected chi connectivity index (χ3v) is 4.81. The molecular formula is C18H20F3NO4S. The highest BCUT2D eigenvalue weighted by Crippen LogP contribution is 2.36. The van der Waals surface area contributed by atoms with Gasteiger partial charge in [0.15, 0.2) is 9.84 Å². The predicted molar refractivity (Wildman–Crippen MR) is 94.2 cm³/mol. The minimum absolute atomic E-state index is 0.0195. The number of hydrogen-bond donors (Lipinski definition) is 1. The maximum atomic E-state index is 13.1. The summed E-state index contributed by atoms with van der Waals surface area (Å²) in [5.74, 6) is -0.0714. The monoisotopic (exact) mass is 403 g/mol. The van der Waals surface area contributed by atoms with Crippen molar-refractivity contribution in [2.45, 2.75) is 36.9 Å². The lowest BCUT2D eigenvalue weighted by molar-refractivity contribution is -0.137. The van der Waals surface area contributed by atoms with Gasteiger partial charge in [-0.05, 0) is 37.6 Å². The molecule has 0 spiro atoms. The first kappa shape index (κ1) is 21.2. The van der Waals surface area contributed by atoms with Crippen LogP contribution in [0.4, 0.5) is 13.2 Å². The molecule has 0 saturated carbocycles. The number of ether oxygens (including phenoxy) is 1. The standard InChI is InChI=1S/C18H20F3NO4S/c1-17(2,23)7-8-26-16-15(10-13(11-22-16)18(19,20)21)12-5-4-6-14(9-12)27(3,24)25/h4-6,9-11,23H,7-8H2,1-3H3. The maximum absolute atomic E-state index is 13.1. The van der Waals surface area contributed by atoms with E-state index in [9.17, 15) is 26.7 Å². The van der Waals surface area contributed by atoms with E-state index in [0.717, 1.165) is 12.3 Å². The number of sulfone groups is 1. The Morgan fingerprint density at radius 2 is 1.85 bits per heavy atom.